The highest BCUT2D eigenvalue weighted by Crippen LogP contribution is 2.13. The molecule has 58 heavy (non-hydrogen) atoms. The fraction of sp³-hybridized carbons (Fsp3) is 0.757. The number of nitrogens with two attached hydrogens (primary N) is 1. The van der Waals surface area contributed by atoms with Gasteiger partial charge in [-0.25, -0.2) is 0 Å². The van der Waals surface area contributed by atoms with Gasteiger partial charge in [-0.2, -0.15) is 0 Å². The normalized spacial score (nSPS) is 11.3. The third kappa shape index (κ3) is 30.6. The highest BCUT2D eigenvalue weighted by molar-refractivity contribution is 5.91. The van der Waals surface area contributed by atoms with Crippen molar-refractivity contribution in [1.29, 1.82) is 0 Å². The molecule has 0 saturated heterocycles. The van der Waals surface area contributed by atoms with Crippen LogP contribution < -0.4 is 16.4 Å². The lowest BCUT2D eigenvalue weighted by Gasteiger charge is -2.09. The van der Waals surface area contributed by atoms with Crippen LogP contribution in [0.1, 0.15) is 25.1 Å². The van der Waals surface area contributed by atoms with Crippen LogP contribution in [0.25, 0.3) is 11.5 Å². The number of ether oxygens (including phenoxy) is 11. The third-order valence-corrected chi connectivity index (χ3v) is 7.21. The van der Waals surface area contributed by atoms with Crippen molar-refractivity contribution in [3.8, 4) is 11.5 Å². The molecule has 2 rings (SSSR count). The molecule has 0 aromatic carbocycles. The number of hydrogen-bond acceptors (Lipinski definition) is 19. The molecule has 0 saturated carbocycles. The molecule has 0 bridgehead atoms. The highest BCUT2D eigenvalue weighted by Gasteiger charge is 2.08. The monoisotopic (exact) mass is 828 g/mol. The zero-order valence-corrected chi connectivity index (χ0v) is 33.9. The van der Waals surface area contributed by atoms with Crippen molar-refractivity contribution in [3.05, 3.63) is 24.2 Å². The van der Waals surface area contributed by atoms with Gasteiger partial charge in [-0.1, -0.05) is 0 Å². The molecule has 0 unspecified atom stereocenters. The van der Waals surface area contributed by atoms with Gasteiger partial charge in [0.25, 0.3) is 0 Å². The number of hydrogen-bond donors (Lipinski definition) is 3. The quantitative estimate of drug-likeness (QED) is 0.0747. The van der Waals surface area contributed by atoms with Crippen molar-refractivity contribution in [2.24, 2.45) is 5.73 Å². The van der Waals surface area contributed by atoms with Gasteiger partial charge in [0, 0.05) is 25.9 Å². The summed E-state index contributed by atoms with van der Waals surface area (Å²) in [6, 6.07) is 3.36. The molecule has 0 spiro atoms. The van der Waals surface area contributed by atoms with E-state index in [1.807, 2.05) is 0 Å². The second-order valence-corrected chi connectivity index (χ2v) is 12.0. The first-order valence-corrected chi connectivity index (χ1v) is 19.7. The Hall–Kier alpha value is -3.45. The minimum atomic E-state index is -0.212. The van der Waals surface area contributed by atoms with Crippen molar-refractivity contribution >= 4 is 17.5 Å². The topological polar surface area (TPSA) is 250 Å². The summed E-state index contributed by atoms with van der Waals surface area (Å²) in [6.07, 6.45) is 2.34. The van der Waals surface area contributed by atoms with Gasteiger partial charge in [-0.05, 0) is 25.5 Å². The molecule has 0 aliphatic heterocycles. The molecule has 0 atom stereocenters. The zero-order valence-electron chi connectivity index (χ0n) is 33.9. The molecule has 330 valence electrons. The van der Waals surface area contributed by atoms with E-state index in [2.05, 4.69) is 36.0 Å². The van der Waals surface area contributed by atoms with Crippen molar-refractivity contribution in [2.75, 3.05) is 164 Å². The Balaban J connectivity index is 1.21. The van der Waals surface area contributed by atoms with Crippen molar-refractivity contribution in [2.45, 2.75) is 26.2 Å². The van der Waals surface area contributed by atoms with Crippen LogP contribution in [-0.2, 0) is 61.7 Å². The fourth-order valence-corrected chi connectivity index (χ4v) is 4.35. The van der Waals surface area contributed by atoms with Crippen LogP contribution in [0.5, 0.6) is 0 Å². The first-order valence-electron chi connectivity index (χ1n) is 19.7. The summed E-state index contributed by atoms with van der Waals surface area (Å²) in [7, 11) is 0. The standard InChI is InChI=1S/C37H64N8O13/c1-32-42-44-37(45-43-32)34-6-5-33(31-40-34)41-36(47)4-2-3-35(46)39-8-10-49-12-14-51-16-18-53-20-22-55-24-26-57-28-30-58-29-27-56-25-23-54-21-19-52-17-15-50-13-11-48-9-7-38/h5-6,31H,2-4,7-30,38H2,1H3,(H,39,46)(H,41,47). The highest BCUT2D eigenvalue weighted by atomic mass is 16.6. The van der Waals surface area contributed by atoms with E-state index >= 15 is 0 Å². The average Bonchev–Trinajstić information content (AvgIpc) is 3.23. The minimum Gasteiger partial charge on any atom is -0.378 e. The first kappa shape index (κ1) is 50.7. The van der Waals surface area contributed by atoms with Crippen molar-refractivity contribution < 1.29 is 61.7 Å². The summed E-state index contributed by atoms with van der Waals surface area (Å²) in [5.74, 6) is 0.399. The van der Waals surface area contributed by atoms with Crippen LogP contribution in [-0.4, -0.2) is 196 Å². The summed E-state index contributed by atoms with van der Waals surface area (Å²) in [5.41, 5.74) is 6.35. The molecular formula is C37H64N8O13. The average molecular weight is 829 g/mol. The molecule has 0 radical (unpaired) electrons. The van der Waals surface area contributed by atoms with Crippen LogP contribution in [0, 0.1) is 6.92 Å². The Labute approximate surface area is 340 Å². The van der Waals surface area contributed by atoms with Gasteiger partial charge in [-0.15, -0.1) is 20.4 Å². The fourth-order valence-electron chi connectivity index (χ4n) is 4.35. The minimum absolute atomic E-state index is 0.145. The maximum atomic E-state index is 12.2. The Kier molecular flexibility index (Phi) is 33.0. The number of carbonyl (C=O) groups is 2. The maximum absolute atomic E-state index is 12.2. The second-order valence-electron chi connectivity index (χ2n) is 12.0. The first-order chi connectivity index (χ1) is 28.6. The van der Waals surface area contributed by atoms with Gasteiger partial charge in [0.1, 0.15) is 5.69 Å². The van der Waals surface area contributed by atoms with Gasteiger partial charge >= 0.3 is 0 Å². The van der Waals surface area contributed by atoms with Gasteiger partial charge in [0.05, 0.1) is 157 Å². The molecule has 0 aliphatic rings. The SMILES string of the molecule is Cc1nnc(-c2ccc(NC(=O)CCCC(=O)NCCOCCOCCOCCOCCOCCOCCOCCOCCOCCOCCOCCN)cn2)nn1. The Morgan fingerprint density at radius 3 is 1.28 bits per heavy atom. The molecular weight excluding hydrogens is 764 g/mol. The molecule has 2 aromatic heterocycles. The number of aryl methyl sites for hydroxylation is 1. The van der Waals surface area contributed by atoms with Crippen LogP contribution in [0.3, 0.4) is 0 Å². The number of aromatic nitrogens is 5. The summed E-state index contributed by atoms with van der Waals surface area (Å²) in [6.45, 7) is 13.1. The van der Waals surface area contributed by atoms with Crippen molar-refractivity contribution in [1.82, 2.24) is 30.7 Å². The van der Waals surface area contributed by atoms with Crippen LogP contribution >= 0.6 is 0 Å². The number of carbonyl (C=O) groups excluding carboxylic acids is 2. The van der Waals surface area contributed by atoms with E-state index in [9.17, 15) is 9.59 Å². The van der Waals surface area contributed by atoms with E-state index in [1.54, 1.807) is 19.1 Å². The predicted molar refractivity (Wildman–Crippen MR) is 209 cm³/mol. The van der Waals surface area contributed by atoms with Crippen LogP contribution in [0.15, 0.2) is 18.3 Å². The molecule has 4 N–H and O–H groups in total. The number of rotatable bonds is 41. The smallest absolute Gasteiger partial charge is 0.224 e. The number of pyridine rings is 1. The van der Waals surface area contributed by atoms with Gasteiger partial charge in [0.2, 0.25) is 17.6 Å². The van der Waals surface area contributed by atoms with Crippen LogP contribution in [0.2, 0.25) is 0 Å². The largest absolute Gasteiger partial charge is 0.378 e. The molecule has 21 heteroatoms. The van der Waals surface area contributed by atoms with E-state index in [0.717, 1.165) is 0 Å². The Bertz CT molecular complexity index is 1260. The van der Waals surface area contributed by atoms with Gasteiger partial charge < -0.3 is 68.5 Å². The van der Waals surface area contributed by atoms with E-state index in [-0.39, 0.29) is 24.7 Å². The number of anilines is 1. The molecule has 2 aromatic rings. The lowest BCUT2D eigenvalue weighted by Crippen LogP contribution is -2.27. The summed E-state index contributed by atoms with van der Waals surface area (Å²) >= 11 is 0. The lowest BCUT2D eigenvalue weighted by molar-refractivity contribution is -0.121. The van der Waals surface area contributed by atoms with E-state index in [4.69, 9.17) is 57.8 Å². The molecule has 21 nitrogen and oxygen atoms in total. The predicted octanol–water partition coefficient (Wildman–Crippen LogP) is 0.00332. The molecule has 0 aliphatic carbocycles. The number of nitrogens with zero attached hydrogens (tertiary/aromatic N) is 5. The Morgan fingerprint density at radius 1 is 0.517 bits per heavy atom. The lowest BCUT2D eigenvalue weighted by atomic mass is 10.2. The van der Waals surface area contributed by atoms with Crippen LogP contribution in [0.4, 0.5) is 5.69 Å². The summed E-state index contributed by atoms with van der Waals surface area (Å²) in [5, 5.41) is 21.1. The maximum Gasteiger partial charge on any atom is 0.224 e. The number of nitrogens with one attached hydrogen (secondary N) is 2. The van der Waals surface area contributed by atoms with Gasteiger partial charge in [0.15, 0.2) is 5.82 Å². The zero-order chi connectivity index (χ0) is 41.4. The summed E-state index contributed by atoms with van der Waals surface area (Å²) in [4.78, 5) is 28.5. The van der Waals surface area contributed by atoms with Gasteiger partial charge in [-0.3, -0.25) is 14.6 Å². The summed E-state index contributed by atoms with van der Waals surface area (Å²) < 4.78 is 59.8. The second kappa shape index (κ2) is 37.8. The van der Waals surface area contributed by atoms with E-state index in [0.29, 0.717) is 188 Å². The van der Waals surface area contributed by atoms with Crippen molar-refractivity contribution in [3.63, 3.8) is 0 Å². The molecule has 2 amide bonds. The Morgan fingerprint density at radius 2 is 0.897 bits per heavy atom. The third-order valence-electron chi connectivity index (χ3n) is 7.21. The molecule has 0 fully saturated rings. The van der Waals surface area contributed by atoms with E-state index in [1.165, 1.54) is 6.20 Å². The van der Waals surface area contributed by atoms with E-state index < -0.39 is 0 Å². The molecule has 2 heterocycles. The number of amides is 2.